The van der Waals surface area contributed by atoms with Gasteiger partial charge >= 0.3 is 0 Å². The molecule has 1 aliphatic rings. The van der Waals surface area contributed by atoms with Crippen molar-refractivity contribution in [1.29, 1.82) is 0 Å². The molecule has 20 heavy (non-hydrogen) atoms. The highest BCUT2D eigenvalue weighted by molar-refractivity contribution is 5.83. The van der Waals surface area contributed by atoms with E-state index in [1.807, 2.05) is 48.5 Å². The summed E-state index contributed by atoms with van der Waals surface area (Å²) in [5, 5.41) is 3.04. The van der Waals surface area contributed by atoms with Crippen LogP contribution in [0.3, 0.4) is 0 Å². The SMILES string of the molecule is N[C@H](C(=O)NC1CC1c1ccccc1)c1ccccc1. The van der Waals surface area contributed by atoms with E-state index in [-0.39, 0.29) is 11.9 Å². The maximum Gasteiger partial charge on any atom is 0.241 e. The topological polar surface area (TPSA) is 55.1 Å². The lowest BCUT2D eigenvalue weighted by molar-refractivity contribution is -0.122. The number of nitrogens with two attached hydrogens (primary N) is 1. The van der Waals surface area contributed by atoms with Crippen LogP contribution in [0, 0.1) is 0 Å². The molecule has 0 aliphatic heterocycles. The van der Waals surface area contributed by atoms with Gasteiger partial charge in [0.05, 0.1) is 0 Å². The first-order valence-corrected chi connectivity index (χ1v) is 6.91. The average molecular weight is 266 g/mol. The van der Waals surface area contributed by atoms with Crippen molar-refractivity contribution in [1.82, 2.24) is 5.32 Å². The standard InChI is InChI=1S/C17H18N2O/c18-16(13-9-5-2-6-10-13)17(20)19-15-11-14(15)12-7-3-1-4-8-12/h1-10,14-16H,11,18H2,(H,19,20)/t14?,15?,16-/m0/s1. The summed E-state index contributed by atoms with van der Waals surface area (Å²) in [5.74, 6) is 0.336. The number of benzene rings is 2. The summed E-state index contributed by atoms with van der Waals surface area (Å²) in [6, 6.07) is 19.4. The van der Waals surface area contributed by atoms with E-state index in [0.717, 1.165) is 12.0 Å². The van der Waals surface area contributed by atoms with Gasteiger partial charge in [0.25, 0.3) is 0 Å². The summed E-state index contributed by atoms with van der Waals surface area (Å²) in [6.45, 7) is 0. The van der Waals surface area contributed by atoms with E-state index in [2.05, 4.69) is 17.4 Å². The van der Waals surface area contributed by atoms with Crippen molar-refractivity contribution in [2.45, 2.75) is 24.4 Å². The summed E-state index contributed by atoms with van der Waals surface area (Å²) >= 11 is 0. The molecule has 1 fully saturated rings. The van der Waals surface area contributed by atoms with Crippen molar-refractivity contribution in [3.63, 3.8) is 0 Å². The van der Waals surface area contributed by atoms with E-state index < -0.39 is 6.04 Å². The van der Waals surface area contributed by atoms with E-state index >= 15 is 0 Å². The van der Waals surface area contributed by atoms with E-state index in [1.165, 1.54) is 5.56 Å². The van der Waals surface area contributed by atoms with Crippen LogP contribution in [-0.2, 0) is 4.79 Å². The lowest BCUT2D eigenvalue weighted by Crippen LogP contribution is -2.35. The van der Waals surface area contributed by atoms with E-state index in [9.17, 15) is 4.79 Å². The first-order valence-electron chi connectivity index (χ1n) is 6.91. The number of hydrogen-bond donors (Lipinski definition) is 2. The minimum Gasteiger partial charge on any atom is -0.351 e. The normalized spacial score (nSPS) is 22.1. The van der Waals surface area contributed by atoms with Crippen LogP contribution in [0.2, 0.25) is 0 Å². The van der Waals surface area contributed by atoms with Crippen molar-refractivity contribution >= 4 is 5.91 Å². The first kappa shape index (κ1) is 12.9. The fourth-order valence-electron chi connectivity index (χ4n) is 2.51. The van der Waals surface area contributed by atoms with Crippen molar-refractivity contribution < 1.29 is 4.79 Å². The number of rotatable bonds is 4. The Bertz CT molecular complexity index is 582. The molecule has 3 rings (SSSR count). The zero-order valence-corrected chi connectivity index (χ0v) is 11.2. The van der Waals surface area contributed by atoms with Crippen LogP contribution in [0.1, 0.15) is 29.5 Å². The van der Waals surface area contributed by atoms with Gasteiger partial charge in [-0.25, -0.2) is 0 Å². The van der Waals surface area contributed by atoms with Gasteiger partial charge in [0.2, 0.25) is 5.91 Å². The van der Waals surface area contributed by atoms with Gasteiger partial charge in [-0.05, 0) is 17.5 Å². The second-order valence-corrected chi connectivity index (χ2v) is 5.26. The van der Waals surface area contributed by atoms with Crippen LogP contribution in [0.25, 0.3) is 0 Å². The molecule has 0 bridgehead atoms. The van der Waals surface area contributed by atoms with Gasteiger partial charge in [0.15, 0.2) is 0 Å². The molecule has 3 nitrogen and oxygen atoms in total. The van der Waals surface area contributed by atoms with Crippen LogP contribution < -0.4 is 11.1 Å². The van der Waals surface area contributed by atoms with Crippen molar-refractivity contribution in [3.05, 3.63) is 71.8 Å². The lowest BCUT2D eigenvalue weighted by Gasteiger charge is -2.12. The summed E-state index contributed by atoms with van der Waals surface area (Å²) in [5.41, 5.74) is 8.12. The van der Waals surface area contributed by atoms with Gasteiger partial charge in [-0.3, -0.25) is 4.79 Å². The Morgan fingerprint density at radius 3 is 2.30 bits per heavy atom. The summed E-state index contributed by atoms with van der Waals surface area (Å²) in [6.07, 6.45) is 0.997. The van der Waals surface area contributed by atoms with Gasteiger partial charge in [-0.1, -0.05) is 60.7 Å². The molecular weight excluding hydrogens is 248 g/mol. The molecule has 0 radical (unpaired) electrons. The third-order valence-corrected chi connectivity index (χ3v) is 3.79. The van der Waals surface area contributed by atoms with Gasteiger partial charge in [0.1, 0.15) is 6.04 Å². The van der Waals surface area contributed by atoms with E-state index in [0.29, 0.717) is 5.92 Å². The second-order valence-electron chi connectivity index (χ2n) is 5.26. The van der Waals surface area contributed by atoms with Crippen LogP contribution >= 0.6 is 0 Å². The van der Waals surface area contributed by atoms with E-state index in [4.69, 9.17) is 5.73 Å². The van der Waals surface area contributed by atoms with Crippen molar-refractivity contribution in [2.24, 2.45) is 5.73 Å². The Morgan fingerprint density at radius 2 is 1.65 bits per heavy atom. The van der Waals surface area contributed by atoms with Gasteiger partial charge in [0, 0.05) is 12.0 Å². The van der Waals surface area contributed by atoms with E-state index in [1.54, 1.807) is 0 Å². The Labute approximate surface area is 118 Å². The van der Waals surface area contributed by atoms with Gasteiger partial charge in [-0.2, -0.15) is 0 Å². The Hall–Kier alpha value is -2.13. The monoisotopic (exact) mass is 266 g/mol. The minimum atomic E-state index is -0.590. The number of carbonyl (C=O) groups excluding carboxylic acids is 1. The molecule has 0 spiro atoms. The fourth-order valence-corrected chi connectivity index (χ4v) is 2.51. The molecule has 3 heteroatoms. The van der Waals surface area contributed by atoms with Gasteiger partial charge in [-0.15, -0.1) is 0 Å². The highest BCUT2D eigenvalue weighted by Gasteiger charge is 2.40. The van der Waals surface area contributed by atoms with Crippen LogP contribution in [0.15, 0.2) is 60.7 Å². The smallest absolute Gasteiger partial charge is 0.241 e. The molecule has 102 valence electrons. The third kappa shape index (κ3) is 2.73. The van der Waals surface area contributed by atoms with Crippen LogP contribution in [0.4, 0.5) is 0 Å². The van der Waals surface area contributed by atoms with Crippen molar-refractivity contribution in [2.75, 3.05) is 0 Å². The first-order chi connectivity index (χ1) is 9.75. The minimum absolute atomic E-state index is 0.0976. The maximum absolute atomic E-state index is 12.1. The second kappa shape index (κ2) is 5.47. The molecule has 0 heterocycles. The highest BCUT2D eigenvalue weighted by Crippen LogP contribution is 2.40. The predicted molar refractivity (Wildman–Crippen MR) is 79.1 cm³/mol. The predicted octanol–water partition coefficient (Wildman–Crippen LogP) is 2.36. The third-order valence-electron chi connectivity index (χ3n) is 3.79. The molecule has 1 saturated carbocycles. The summed E-state index contributed by atoms with van der Waals surface area (Å²) in [4.78, 5) is 12.1. The summed E-state index contributed by atoms with van der Waals surface area (Å²) in [7, 11) is 0. The molecule has 2 unspecified atom stereocenters. The van der Waals surface area contributed by atoms with Crippen molar-refractivity contribution in [3.8, 4) is 0 Å². The zero-order chi connectivity index (χ0) is 13.9. The van der Waals surface area contributed by atoms with Crippen LogP contribution in [-0.4, -0.2) is 11.9 Å². The molecule has 3 atom stereocenters. The molecular formula is C17H18N2O. The largest absolute Gasteiger partial charge is 0.351 e. The number of amides is 1. The number of carbonyl (C=O) groups is 1. The Kier molecular flexibility index (Phi) is 3.52. The average Bonchev–Trinajstić information content (AvgIpc) is 3.27. The number of hydrogen-bond acceptors (Lipinski definition) is 2. The number of nitrogens with one attached hydrogen (secondary N) is 1. The Morgan fingerprint density at radius 1 is 1.05 bits per heavy atom. The molecule has 2 aromatic rings. The highest BCUT2D eigenvalue weighted by atomic mass is 16.2. The summed E-state index contributed by atoms with van der Waals surface area (Å²) < 4.78 is 0. The Balaban J connectivity index is 1.59. The fraction of sp³-hybridized carbons (Fsp3) is 0.235. The molecule has 1 amide bonds. The van der Waals surface area contributed by atoms with Crippen LogP contribution in [0.5, 0.6) is 0 Å². The molecule has 0 saturated heterocycles. The molecule has 2 aromatic carbocycles. The quantitative estimate of drug-likeness (QED) is 0.892. The van der Waals surface area contributed by atoms with Gasteiger partial charge < -0.3 is 11.1 Å². The maximum atomic E-state index is 12.1. The lowest BCUT2D eigenvalue weighted by atomic mass is 10.1. The molecule has 0 aromatic heterocycles. The zero-order valence-electron chi connectivity index (χ0n) is 11.2. The molecule has 3 N–H and O–H groups in total. The molecule has 1 aliphatic carbocycles.